The quantitative estimate of drug-likeness (QED) is 0.889. The van der Waals surface area contributed by atoms with Crippen molar-refractivity contribution in [1.29, 1.82) is 0 Å². The predicted octanol–water partition coefficient (Wildman–Crippen LogP) is 1.81. The Morgan fingerprint density at radius 2 is 2.00 bits per heavy atom. The maximum absolute atomic E-state index is 4.15. The second kappa shape index (κ2) is 5.97. The molecule has 2 rings (SSSR count). The summed E-state index contributed by atoms with van der Waals surface area (Å²) in [7, 11) is 3.90. The van der Waals surface area contributed by atoms with Crippen molar-refractivity contribution in [2.24, 2.45) is 7.05 Å². The Bertz CT molecular complexity index is 545. The van der Waals surface area contributed by atoms with Crippen molar-refractivity contribution in [3.63, 3.8) is 0 Å². The number of hydrogen-bond donors (Lipinski definition) is 1. The number of likely N-dealkylation sites (N-methyl/N-ethyl adjacent to an activating group) is 1. The molecule has 102 valence electrons. The van der Waals surface area contributed by atoms with Gasteiger partial charge in [-0.1, -0.05) is 23.4 Å². The van der Waals surface area contributed by atoms with Crippen LogP contribution in [0.25, 0.3) is 0 Å². The molecule has 0 spiro atoms. The molecule has 0 radical (unpaired) electrons. The molecule has 4 nitrogen and oxygen atoms in total. The monoisotopic (exact) mass is 258 g/mol. The summed E-state index contributed by atoms with van der Waals surface area (Å²) in [4.78, 5) is 0. The minimum absolute atomic E-state index is 0.388. The Hall–Kier alpha value is -1.68. The van der Waals surface area contributed by atoms with Gasteiger partial charge in [0.15, 0.2) is 0 Å². The van der Waals surface area contributed by atoms with Crippen LogP contribution in [0.3, 0.4) is 0 Å². The van der Waals surface area contributed by atoms with Crippen LogP contribution >= 0.6 is 0 Å². The molecule has 0 fully saturated rings. The van der Waals surface area contributed by atoms with Crippen LogP contribution < -0.4 is 5.32 Å². The molecule has 1 unspecified atom stereocenters. The lowest BCUT2D eigenvalue weighted by Crippen LogP contribution is -2.30. The zero-order valence-electron chi connectivity index (χ0n) is 12.1. The summed E-state index contributed by atoms with van der Waals surface area (Å²) in [5.41, 5.74) is 5.10. The highest BCUT2D eigenvalue weighted by atomic mass is 15.4. The van der Waals surface area contributed by atoms with E-state index in [0.717, 1.165) is 18.5 Å². The number of aromatic nitrogens is 3. The fourth-order valence-electron chi connectivity index (χ4n) is 2.23. The van der Waals surface area contributed by atoms with Crippen LogP contribution in [0.1, 0.15) is 22.4 Å². The van der Waals surface area contributed by atoms with E-state index >= 15 is 0 Å². The Morgan fingerprint density at radius 3 is 2.58 bits per heavy atom. The smallest absolute Gasteiger partial charge is 0.0842 e. The SMILES string of the molecule is CNC(Cc1ccc(C)c(C)c1)Cc1cn(C)nn1. The number of hydrogen-bond acceptors (Lipinski definition) is 3. The Kier molecular flexibility index (Phi) is 4.32. The van der Waals surface area contributed by atoms with Crippen molar-refractivity contribution in [2.45, 2.75) is 32.7 Å². The van der Waals surface area contributed by atoms with Crippen LogP contribution in [0.5, 0.6) is 0 Å². The molecule has 1 N–H and O–H groups in total. The summed E-state index contributed by atoms with van der Waals surface area (Å²) >= 11 is 0. The molecule has 0 saturated heterocycles. The van der Waals surface area contributed by atoms with Crippen molar-refractivity contribution in [3.05, 3.63) is 46.8 Å². The highest BCUT2D eigenvalue weighted by Crippen LogP contribution is 2.13. The first-order chi connectivity index (χ1) is 9.08. The summed E-state index contributed by atoms with van der Waals surface area (Å²) in [6.07, 6.45) is 3.89. The lowest BCUT2D eigenvalue weighted by molar-refractivity contribution is 0.549. The molecule has 4 heteroatoms. The lowest BCUT2D eigenvalue weighted by atomic mass is 9.99. The van der Waals surface area contributed by atoms with Gasteiger partial charge in [-0.25, -0.2) is 0 Å². The molecule has 0 aliphatic rings. The number of nitrogens with zero attached hydrogens (tertiary/aromatic N) is 3. The van der Waals surface area contributed by atoms with E-state index in [1.807, 2.05) is 20.3 Å². The van der Waals surface area contributed by atoms with Crippen LogP contribution in [-0.2, 0) is 19.9 Å². The second-order valence-corrected chi connectivity index (χ2v) is 5.20. The molecule has 0 saturated carbocycles. The van der Waals surface area contributed by atoms with Crippen molar-refractivity contribution >= 4 is 0 Å². The Labute approximate surface area is 114 Å². The van der Waals surface area contributed by atoms with E-state index in [1.165, 1.54) is 16.7 Å². The van der Waals surface area contributed by atoms with Gasteiger partial charge in [0, 0.05) is 25.7 Å². The minimum Gasteiger partial charge on any atom is -0.316 e. The van der Waals surface area contributed by atoms with Crippen LogP contribution in [0.4, 0.5) is 0 Å². The highest BCUT2D eigenvalue weighted by Gasteiger charge is 2.11. The fraction of sp³-hybridized carbons (Fsp3) is 0.467. The molecule has 1 aromatic heterocycles. The van der Waals surface area contributed by atoms with E-state index in [-0.39, 0.29) is 0 Å². The molecule has 1 heterocycles. The summed E-state index contributed by atoms with van der Waals surface area (Å²) < 4.78 is 1.75. The van der Waals surface area contributed by atoms with Gasteiger partial charge >= 0.3 is 0 Å². The molecule has 0 aliphatic heterocycles. The van der Waals surface area contributed by atoms with Gasteiger partial charge in [-0.15, -0.1) is 5.10 Å². The topological polar surface area (TPSA) is 42.7 Å². The second-order valence-electron chi connectivity index (χ2n) is 5.20. The lowest BCUT2D eigenvalue weighted by Gasteiger charge is -2.15. The van der Waals surface area contributed by atoms with Gasteiger partial charge in [0.25, 0.3) is 0 Å². The van der Waals surface area contributed by atoms with E-state index in [9.17, 15) is 0 Å². The van der Waals surface area contributed by atoms with Gasteiger partial charge in [-0.05, 0) is 44.0 Å². The van der Waals surface area contributed by atoms with E-state index < -0.39 is 0 Å². The summed E-state index contributed by atoms with van der Waals surface area (Å²) in [5, 5.41) is 11.5. The number of rotatable bonds is 5. The minimum atomic E-state index is 0.388. The zero-order valence-corrected chi connectivity index (χ0v) is 12.1. The summed E-state index contributed by atoms with van der Waals surface area (Å²) in [6, 6.07) is 7.07. The molecule has 0 aliphatic carbocycles. The van der Waals surface area contributed by atoms with Gasteiger partial charge in [-0.2, -0.15) is 0 Å². The van der Waals surface area contributed by atoms with E-state index in [1.54, 1.807) is 4.68 Å². The van der Waals surface area contributed by atoms with E-state index in [0.29, 0.717) is 6.04 Å². The number of nitrogens with one attached hydrogen (secondary N) is 1. The van der Waals surface area contributed by atoms with E-state index in [2.05, 4.69) is 47.7 Å². The van der Waals surface area contributed by atoms with Crippen molar-refractivity contribution in [3.8, 4) is 0 Å². The normalized spacial score (nSPS) is 12.6. The van der Waals surface area contributed by atoms with Crippen molar-refractivity contribution in [1.82, 2.24) is 20.3 Å². The third kappa shape index (κ3) is 3.64. The van der Waals surface area contributed by atoms with Gasteiger partial charge in [0.2, 0.25) is 0 Å². The predicted molar refractivity (Wildman–Crippen MR) is 77.2 cm³/mol. The first-order valence-electron chi connectivity index (χ1n) is 6.67. The highest BCUT2D eigenvalue weighted by molar-refractivity contribution is 5.30. The van der Waals surface area contributed by atoms with Gasteiger partial charge in [0.1, 0.15) is 0 Å². The number of benzene rings is 1. The summed E-state index contributed by atoms with van der Waals surface area (Å²) in [6.45, 7) is 4.31. The Balaban J connectivity index is 2.04. The van der Waals surface area contributed by atoms with E-state index in [4.69, 9.17) is 0 Å². The molecule has 0 bridgehead atoms. The molecule has 19 heavy (non-hydrogen) atoms. The molecular weight excluding hydrogens is 236 g/mol. The van der Waals surface area contributed by atoms with Crippen LogP contribution in [0, 0.1) is 13.8 Å². The van der Waals surface area contributed by atoms with Gasteiger partial charge < -0.3 is 5.32 Å². The fourth-order valence-corrected chi connectivity index (χ4v) is 2.23. The molecule has 1 aromatic carbocycles. The largest absolute Gasteiger partial charge is 0.316 e. The third-order valence-corrected chi connectivity index (χ3v) is 3.57. The first kappa shape index (κ1) is 13.7. The first-order valence-corrected chi connectivity index (χ1v) is 6.67. The molecule has 0 amide bonds. The van der Waals surface area contributed by atoms with Gasteiger partial charge in [0.05, 0.1) is 5.69 Å². The van der Waals surface area contributed by atoms with Crippen LogP contribution in [0.15, 0.2) is 24.4 Å². The molecular formula is C15H22N4. The van der Waals surface area contributed by atoms with Crippen molar-refractivity contribution < 1.29 is 0 Å². The van der Waals surface area contributed by atoms with Crippen LogP contribution in [0.2, 0.25) is 0 Å². The van der Waals surface area contributed by atoms with Crippen molar-refractivity contribution in [2.75, 3.05) is 7.05 Å². The average molecular weight is 258 g/mol. The standard InChI is InChI=1S/C15H22N4/c1-11-5-6-13(7-12(11)2)8-14(16-3)9-15-10-19(4)18-17-15/h5-7,10,14,16H,8-9H2,1-4H3. The zero-order chi connectivity index (χ0) is 13.8. The number of aryl methyl sites for hydroxylation is 3. The average Bonchev–Trinajstić information content (AvgIpc) is 2.78. The Morgan fingerprint density at radius 1 is 1.21 bits per heavy atom. The summed E-state index contributed by atoms with van der Waals surface area (Å²) in [5.74, 6) is 0. The molecule has 2 aromatic rings. The van der Waals surface area contributed by atoms with Crippen LogP contribution in [-0.4, -0.2) is 28.1 Å². The maximum atomic E-state index is 4.15. The molecule has 1 atom stereocenters. The maximum Gasteiger partial charge on any atom is 0.0842 e. The van der Waals surface area contributed by atoms with Gasteiger partial charge in [-0.3, -0.25) is 4.68 Å². The third-order valence-electron chi connectivity index (χ3n) is 3.57.